The predicted molar refractivity (Wildman–Crippen MR) is 89.5 cm³/mol. The number of nitrogens with one attached hydrogen (secondary N) is 1. The molecule has 0 saturated carbocycles. The Kier molecular flexibility index (Phi) is 6.59. The second-order valence-corrected chi connectivity index (χ2v) is 5.18. The molecule has 1 amide bonds. The molecule has 0 heterocycles. The number of carbonyl (C=O) groups is 2. The summed E-state index contributed by atoms with van der Waals surface area (Å²) in [5.41, 5.74) is 0.290. The van der Waals surface area contributed by atoms with Gasteiger partial charge in [-0.15, -0.1) is 0 Å². The summed E-state index contributed by atoms with van der Waals surface area (Å²) in [6.07, 6.45) is 0. The Labute approximate surface area is 148 Å². The van der Waals surface area contributed by atoms with Gasteiger partial charge in [-0.1, -0.05) is 23.7 Å². The van der Waals surface area contributed by atoms with Gasteiger partial charge in [-0.2, -0.15) is 0 Å². The van der Waals surface area contributed by atoms with Crippen LogP contribution in [0.3, 0.4) is 0 Å². The van der Waals surface area contributed by atoms with Gasteiger partial charge in [0.05, 0.1) is 12.1 Å². The number of halogens is 2. The van der Waals surface area contributed by atoms with Crippen LogP contribution in [-0.2, 0) is 14.3 Å². The molecule has 8 heteroatoms. The first-order valence-corrected chi connectivity index (χ1v) is 7.53. The molecule has 0 spiro atoms. The molecule has 0 aromatic heterocycles. The van der Waals surface area contributed by atoms with Gasteiger partial charge in [0.2, 0.25) is 0 Å². The third-order valence-electron chi connectivity index (χ3n) is 2.98. The van der Waals surface area contributed by atoms with Crippen molar-refractivity contribution in [2.24, 2.45) is 0 Å². The van der Waals surface area contributed by atoms with Gasteiger partial charge in [-0.05, 0) is 30.3 Å². The van der Waals surface area contributed by atoms with E-state index in [1.54, 1.807) is 24.3 Å². The van der Waals surface area contributed by atoms with E-state index in [2.05, 4.69) is 5.32 Å². The Bertz CT molecular complexity index is 768. The van der Waals surface area contributed by atoms with Gasteiger partial charge in [-0.3, -0.25) is 4.79 Å². The second kappa shape index (κ2) is 8.89. The summed E-state index contributed by atoms with van der Waals surface area (Å²) in [4.78, 5) is 23.3. The van der Waals surface area contributed by atoms with Crippen LogP contribution in [0.15, 0.2) is 42.5 Å². The van der Waals surface area contributed by atoms with Gasteiger partial charge >= 0.3 is 5.97 Å². The highest BCUT2D eigenvalue weighted by atomic mass is 35.5. The summed E-state index contributed by atoms with van der Waals surface area (Å²) in [6, 6.07) is 10.5. The summed E-state index contributed by atoms with van der Waals surface area (Å²) >= 11 is 5.61. The molecule has 0 aliphatic heterocycles. The fourth-order valence-electron chi connectivity index (χ4n) is 1.83. The molecule has 0 radical (unpaired) electrons. The molecule has 1 N–H and O–H groups in total. The van der Waals surface area contributed by atoms with Crippen molar-refractivity contribution in [3.63, 3.8) is 0 Å². The average Bonchev–Trinajstić information content (AvgIpc) is 2.61. The minimum Gasteiger partial charge on any atom is -0.493 e. The van der Waals surface area contributed by atoms with Gasteiger partial charge in [0.1, 0.15) is 5.82 Å². The Hall–Kier alpha value is -2.80. The van der Waals surface area contributed by atoms with Crippen LogP contribution in [0.2, 0.25) is 5.02 Å². The highest BCUT2D eigenvalue weighted by molar-refractivity contribution is 6.31. The van der Waals surface area contributed by atoms with E-state index in [4.69, 9.17) is 25.8 Å². The second-order valence-electron chi connectivity index (χ2n) is 4.78. The highest BCUT2D eigenvalue weighted by Gasteiger charge is 2.11. The monoisotopic (exact) mass is 367 g/mol. The van der Waals surface area contributed by atoms with Crippen molar-refractivity contribution >= 4 is 29.2 Å². The topological polar surface area (TPSA) is 73.9 Å². The van der Waals surface area contributed by atoms with Crippen LogP contribution >= 0.6 is 11.6 Å². The zero-order chi connectivity index (χ0) is 18.2. The lowest BCUT2D eigenvalue weighted by Gasteiger charge is -2.10. The number of rotatable bonds is 7. The lowest BCUT2D eigenvalue weighted by molar-refractivity contribution is -0.149. The molecule has 0 fully saturated rings. The maximum Gasteiger partial charge on any atom is 0.344 e. The number of methoxy groups -OCH3 is 1. The largest absolute Gasteiger partial charge is 0.493 e. The molecule has 2 rings (SSSR count). The summed E-state index contributed by atoms with van der Waals surface area (Å²) in [7, 11) is 1.48. The van der Waals surface area contributed by atoms with Gasteiger partial charge in [0.15, 0.2) is 24.7 Å². The molecule has 2 aromatic rings. The number of amides is 1. The van der Waals surface area contributed by atoms with E-state index in [9.17, 15) is 14.0 Å². The highest BCUT2D eigenvalue weighted by Crippen LogP contribution is 2.25. The van der Waals surface area contributed by atoms with Gasteiger partial charge in [-0.25, -0.2) is 9.18 Å². The molecule has 0 aliphatic carbocycles. The van der Waals surface area contributed by atoms with E-state index < -0.39 is 24.3 Å². The third-order valence-corrected chi connectivity index (χ3v) is 3.27. The first-order chi connectivity index (χ1) is 12.0. The Morgan fingerprint density at radius 2 is 1.84 bits per heavy atom. The number of carbonyl (C=O) groups excluding carboxylic acids is 2. The van der Waals surface area contributed by atoms with Crippen LogP contribution in [0.5, 0.6) is 11.5 Å². The summed E-state index contributed by atoms with van der Waals surface area (Å²) in [5, 5.41) is 2.30. The number of para-hydroxylation sites is 2. The molecular weight excluding hydrogens is 353 g/mol. The number of hydrogen-bond acceptors (Lipinski definition) is 5. The van der Waals surface area contributed by atoms with Gasteiger partial charge < -0.3 is 19.5 Å². The molecule has 2 aromatic carbocycles. The molecular formula is C17H15ClFNO5. The fraction of sp³-hybridized carbons (Fsp3) is 0.176. The number of ether oxygens (including phenoxy) is 3. The van der Waals surface area contributed by atoms with Crippen LogP contribution in [0.25, 0.3) is 0 Å². The van der Waals surface area contributed by atoms with Crippen molar-refractivity contribution in [3.8, 4) is 11.5 Å². The average molecular weight is 368 g/mol. The zero-order valence-electron chi connectivity index (χ0n) is 13.3. The van der Waals surface area contributed by atoms with Crippen molar-refractivity contribution in [1.82, 2.24) is 0 Å². The molecule has 0 atom stereocenters. The molecule has 0 aliphatic rings. The maximum absolute atomic E-state index is 13.0. The molecule has 0 saturated heterocycles. The standard InChI is InChI=1S/C17H15ClFNO5/c1-23-14-4-2-3-5-15(14)24-10-17(22)25-9-16(21)20-11-6-7-13(19)12(18)8-11/h2-8H,9-10H2,1H3,(H,20,21). The fourth-order valence-corrected chi connectivity index (χ4v) is 2.01. The van der Waals surface area contributed by atoms with E-state index in [1.807, 2.05) is 0 Å². The smallest absolute Gasteiger partial charge is 0.344 e. The van der Waals surface area contributed by atoms with E-state index in [1.165, 1.54) is 19.2 Å². The van der Waals surface area contributed by atoms with E-state index in [-0.39, 0.29) is 17.3 Å². The van der Waals surface area contributed by atoms with Crippen LogP contribution in [-0.4, -0.2) is 32.2 Å². The molecule has 6 nitrogen and oxygen atoms in total. The third kappa shape index (κ3) is 5.65. The van der Waals surface area contributed by atoms with Crippen LogP contribution in [0.1, 0.15) is 0 Å². The Morgan fingerprint density at radius 3 is 2.52 bits per heavy atom. The summed E-state index contributed by atoms with van der Waals surface area (Å²) in [6.45, 7) is -0.890. The predicted octanol–water partition coefficient (Wildman–Crippen LogP) is 3.05. The lowest BCUT2D eigenvalue weighted by Crippen LogP contribution is -2.23. The first-order valence-electron chi connectivity index (χ1n) is 7.16. The van der Waals surface area contributed by atoms with E-state index >= 15 is 0 Å². The van der Waals surface area contributed by atoms with E-state index in [0.717, 1.165) is 6.07 Å². The van der Waals surface area contributed by atoms with Crippen LogP contribution < -0.4 is 14.8 Å². The molecule has 0 unspecified atom stereocenters. The zero-order valence-corrected chi connectivity index (χ0v) is 14.0. The SMILES string of the molecule is COc1ccccc1OCC(=O)OCC(=O)Nc1ccc(F)c(Cl)c1. The maximum atomic E-state index is 13.0. The normalized spacial score (nSPS) is 10.0. The van der Waals surface area contributed by atoms with Gasteiger partial charge in [0, 0.05) is 5.69 Å². The van der Waals surface area contributed by atoms with E-state index in [0.29, 0.717) is 11.5 Å². The Morgan fingerprint density at radius 1 is 1.12 bits per heavy atom. The lowest BCUT2D eigenvalue weighted by atomic mass is 10.3. The van der Waals surface area contributed by atoms with Crippen molar-refractivity contribution in [2.45, 2.75) is 0 Å². The molecule has 0 bridgehead atoms. The number of hydrogen-bond donors (Lipinski definition) is 1. The molecule has 132 valence electrons. The minimum absolute atomic E-state index is 0.125. The van der Waals surface area contributed by atoms with Crippen LogP contribution in [0, 0.1) is 5.82 Å². The van der Waals surface area contributed by atoms with Crippen molar-refractivity contribution in [2.75, 3.05) is 25.6 Å². The number of benzene rings is 2. The Balaban J connectivity index is 1.77. The van der Waals surface area contributed by atoms with Gasteiger partial charge in [0.25, 0.3) is 5.91 Å². The summed E-state index contributed by atoms with van der Waals surface area (Å²) < 4.78 is 28.2. The summed E-state index contributed by atoms with van der Waals surface area (Å²) in [5.74, 6) is -1.06. The number of esters is 1. The molecule has 25 heavy (non-hydrogen) atoms. The minimum atomic E-state index is -0.724. The van der Waals surface area contributed by atoms with Crippen molar-refractivity contribution in [1.29, 1.82) is 0 Å². The quantitative estimate of drug-likeness (QED) is 0.761. The van der Waals surface area contributed by atoms with Crippen LogP contribution in [0.4, 0.5) is 10.1 Å². The first kappa shape index (κ1) is 18.5. The number of anilines is 1. The van der Waals surface area contributed by atoms with Crippen molar-refractivity contribution < 1.29 is 28.2 Å². The van der Waals surface area contributed by atoms with Crippen molar-refractivity contribution in [3.05, 3.63) is 53.3 Å².